The van der Waals surface area contributed by atoms with Gasteiger partial charge in [0.05, 0.1) is 11.4 Å². The molecule has 1 amide bonds. The van der Waals surface area contributed by atoms with Gasteiger partial charge in [-0.3, -0.25) is 9.59 Å². The van der Waals surface area contributed by atoms with E-state index in [9.17, 15) is 9.59 Å². The van der Waals surface area contributed by atoms with Crippen LogP contribution in [0.3, 0.4) is 0 Å². The average molecular weight is 531 g/mol. The lowest BCUT2D eigenvalue weighted by atomic mass is 9.89. The molecule has 0 fully saturated rings. The number of carbonyl (C=O) groups excluding carboxylic acids is 1. The van der Waals surface area contributed by atoms with Gasteiger partial charge in [0, 0.05) is 35.2 Å². The third kappa shape index (κ3) is 6.01. The molecule has 0 bridgehead atoms. The number of hydrogen-bond donors (Lipinski definition) is 1. The quantitative estimate of drug-likeness (QED) is 0.241. The molecule has 0 aliphatic rings. The first kappa shape index (κ1) is 27.6. The van der Waals surface area contributed by atoms with Crippen molar-refractivity contribution in [2.45, 2.75) is 46.1 Å². The molecule has 1 aromatic heterocycles. The van der Waals surface area contributed by atoms with E-state index in [0.29, 0.717) is 58.8 Å². The molecule has 3 aromatic carbocycles. The highest BCUT2D eigenvalue weighted by atomic mass is 35.5. The Kier molecular flexibility index (Phi) is 9.03. The molecule has 1 heterocycles. The van der Waals surface area contributed by atoms with Gasteiger partial charge < -0.3 is 15.1 Å². The highest BCUT2D eigenvalue weighted by Gasteiger charge is 2.34. The zero-order valence-corrected chi connectivity index (χ0v) is 23.0. The highest BCUT2D eigenvalue weighted by molar-refractivity contribution is 6.31. The summed E-state index contributed by atoms with van der Waals surface area (Å²) in [7, 11) is 0. The molecule has 1 unspecified atom stereocenters. The van der Waals surface area contributed by atoms with Crippen LogP contribution in [0.4, 0.5) is 0 Å². The molecule has 0 aliphatic carbocycles. The van der Waals surface area contributed by atoms with Crippen LogP contribution in [0.1, 0.15) is 65.5 Å². The summed E-state index contributed by atoms with van der Waals surface area (Å²) in [4.78, 5) is 29.8. The monoisotopic (exact) mass is 530 g/mol. The Hall–Kier alpha value is -3.41. The standard InChI is InChI=1S/C32H35ClN2O3/c1-4-22(3)29(35(18-8-17-34)32(37)24-13-11-21(2)12-14-24)31-27(19-23-9-6-5-7-10-23)30(36)26-16-15-25(33)20-28(26)38-31/h5-7,9-16,20,22,29H,4,8,17-19,34H2,1-3H3/t22?,29-/m1/s1. The molecule has 4 aromatic rings. The minimum atomic E-state index is -0.463. The molecule has 198 valence electrons. The van der Waals surface area contributed by atoms with E-state index in [1.54, 1.807) is 18.2 Å². The van der Waals surface area contributed by atoms with E-state index >= 15 is 0 Å². The normalized spacial score (nSPS) is 12.9. The fourth-order valence-electron chi connectivity index (χ4n) is 4.85. The van der Waals surface area contributed by atoms with E-state index in [1.165, 1.54) is 0 Å². The Labute approximate surface area is 229 Å². The summed E-state index contributed by atoms with van der Waals surface area (Å²) in [6.45, 7) is 7.06. The molecule has 4 rings (SSSR count). The first-order valence-corrected chi connectivity index (χ1v) is 13.6. The first-order valence-electron chi connectivity index (χ1n) is 13.2. The molecule has 38 heavy (non-hydrogen) atoms. The van der Waals surface area contributed by atoms with Gasteiger partial charge in [-0.2, -0.15) is 0 Å². The van der Waals surface area contributed by atoms with E-state index in [1.807, 2.05) is 66.4 Å². The second-order valence-electron chi connectivity index (χ2n) is 9.91. The van der Waals surface area contributed by atoms with Crippen molar-refractivity contribution >= 4 is 28.5 Å². The predicted octanol–water partition coefficient (Wildman–Crippen LogP) is 6.92. The Morgan fingerprint density at radius 1 is 1.05 bits per heavy atom. The smallest absolute Gasteiger partial charge is 0.254 e. The number of halogens is 1. The maximum atomic E-state index is 14.0. The highest BCUT2D eigenvalue weighted by Crippen LogP contribution is 2.36. The van der Waals surface area contributed by atoms with Crippen molar-refractivity contribution in [1.82, 2.24) is 4.90 Å². The molecule has 0 saturated carbocycles. The van der Waals surface area contributed by atoms with Crippen molar-refractivity contribution in [3.63, 3.8) is 0 Å². The van der Waals surface area contributed by atoms with Crippen molar-refractivity contribution in [1.29, 1.82) is 0 Å². The lowest BCUT2D eigenvalue weighted by molar-refractivity contribution is 0.0571. The molecule has 5 nitrogen and oxygen atoms in total. The van der Waals surface area contributed by atoms with Crippen LogP contribution in [0.15, 0.2) is 82.0 Å². The SMILES string of the molecule is CCC(C)[C@H](c1oc2cc(Cl)ccc2c(=O)c1Cc1ccccc1)N(CCCN)C(=O)c1ccc(C)cc1. The summed E-state index contributed by atoms with van der Waals surface area (Å²) < 4.78 is 6.57. The molecule has 0 spiro atoms. The molecule has 0 saturated heterocycles. The Balaban J connectivity index is 1.95. The number of carbonyl (C=O) groups is 1. The summed E-state index contributed by atoms with van der Waals surface area (Å²) in [6.07, 6.45) is 1.81. The second-order valence-corrected chi connectivity index (χ2v) is 10.4. The largest absolute Gasteiger partial charge is 0.458 e. The van der Waals surface area contributed by atoms with Crippen LogP contribution in [0.2, 0.25) is 5.02 Å². The van der Waals surface area contributed by atoms with Crippen molar-refractivity contribution in [2.75, 3.05) is 13.1 Å². The molecule has 0 radical (unpaired) electrons. The van der Waals surface area contributed by atoms with Gasteiger partial charge in [-0.05, 0) is 55.6 Å². The van der Waals surface area contributed by atoms with Gasteiger partial charge in [-0.1, -0.05) is 79.9 Å². The van der Waals surface area contributed by atoms with Gasteiger partial charge in [-0.25, -0.2) is 0 Å². The fourth-order valence-corrected chi connectivity index (χ4v) is 5.01. The first-order chi connectivity index (χ1) is 18.3. The second kappa shape index (κ2) is 12.4. The number of benzene rings is 3. The number of hydrogen-bond acceptors (Lipinski definition) is 4. The third-order valence-electron chi connectivity index (χ3n) is 7.15. The summed E-state index contributed by atoms with van der Waals surface area (Å²) in [6, 6.07) is 22.1. The number of aryl methyl sites for hydroxylation is 1. The van der Waals surface area contributed by atoms with Crippen LogP contribution in [-0.4, -0.2) is 23.9 Å². The minimum absolute atomic E-state index is 0.0106. The number of nitrogens with zero attached hydrogens (tertiary/aromatic N) is 1. The van der Waals surface area contributed by atoms with Crippen LogP contribution >= 0.6 is 11.6 Å². The van der Waals surface area contributed by atoms with E-state index in [-0.39, 0.29) is 17.3 Å². The Morgan fingerprint density at radius 3 is 2.42 bits per heavy atom. The third-order valence-corrected chi connectivity index (χ3v) is 7.39. The molecular weight excluding hydrogens is 496 g/mol. The zero-order valence-electron chi connectivity index (χ0n) is 22.2. The van der Waals surface area contributed by atoms with E-state index in [0.717, 1.165) is 17.5 Å². The molecular formula is C32H35ClN2O3. The molecule has 0 aliphatic heterocycles. The maximum Gasteiger partial charge on any atom is 0.254 e. The Morgan fingerprint density at radius 2 is 1.76 bits per heavy atom. The van der Waals surface area contributed by atoms with Gasteiger partial charge in [0.2, 0.25) is 0 Å². The molecule has 2 atom stereocenters. The maximum absolute atomic E-state index is 14.0. The van der Waals surface area contributed by atoms with Crippen LogP contribution < -0.4 is 11.2 Å². The summed E-state index contributed by atoms with van der Waals surface area (Å²) in [5, 5.41) is 0.962. The average Bonchev–Trinajstić information content (AvgIpc) is 2.93. The topological polar surface area (TPSA) is 76.5 Å². The fraction of sp³-hybridized carbons (Fsp3) is 0.312. The zero-order chi connectivity index (χ0) is 27.2. The van der Waals surface area contributed by atoms with Crippen molar-refractivity contribution in [2.24, 2.45) is 11.7 Å². The summed E-state index contributed by atoms with van der Waals surface area (Å²) in [5.74, 6) is 0.417. The molecule has 2 N–H and O–H groups in total. The van der Waals surface area contributed by atoms with Gasteiger partial charge in [0.1, 0.15) is 11.3 Å². The predicted molar refractivity (Wildman–Crippen MR) is 155 cm³/mol. The van der Waals surface area contributed by atoms with E-state index < -0.39 is 6.04 Å². The van der Waals surface area contributed by atoms with Crippen LogP contribution in [0.25, 0.3) is 11.0 Å². The van der Waals surface area contributed by atoms with Crippen molar-refractivity contribution in [3.8, 4) is 0 Å². The van der Waals surface area contributed by atoms with Gasteiger partial charge in [0.15, 0.2) is 5.43 Å². The number of rotatable bonds is 10. The van der Waals surface area contributed by atoms with Crippen LogP contribution in [-0.2, 0) is 6.42 Å². The van der Waals surface area contributed by atoms with Crippen LogP contribution in [0.5, 0.6) is 0 Å². The van der Waals surface area contributed by atoms with Gasteiger partial charge >= 0.3 is 0 Å². The van der Waals surface area contributed by atoms with E-state index in [2.05, 4.69) is 13.8 Å². The number of amides is 1. The van der Waals surface area contributed by atoms with Crippen molar-refractivity contribution in [3.05, 3.63) is 116 Å². The van der Waals surface area contributed by atoms with Crippen LogP contribution in [0, 0.1) is 12.8 Å². The van der Waals surface area contributed by atoms with E-state index in [4.69, 9.17) is 21.8 Å². The lowest BCUT2D eigenvalue weighted by Crippen LogP contribution is -2.40. The summed E-state index contributed by atoms with van der Waals surface area (Å²) in [5.41, 5.74) is 9.46. The summed E-state index contributed by atoms with van der Waals surface area (Å²) >= 11 is 6.30. The Bertz CT molecular complexity index is 1450. The number of nitrogens with two attached hydrogens (primary N) is 1. The minimum Gasteiger partial charge on any atom is -0.458 e. The van der Waals surface area contributed by atoms with Crippen molar-refractivity contribution < 1.29 is 9.21 Å². The molecule has 6 heteroatoms. The lowest BCUT2D eigenvalue weighted by Gasteiger charge is -2.36. The number of fused-ring (bicyclic) bond motifs is 1. The van der Waals surface area contributed by atoms with Gasteiger partial charge in [-0.15, -0.1) is 0 Å². The van der Waals surface area contributed by atoms with Gasteiger partial charge in [0.25, 0.3) is 5.91 Å².